The molecule has 0 aliphatic rings. The van der Waals surface area contributed by atoms with Gasteiger partial charge in [0.1, 0.15) is 5.82 Å². The Balaban J connectivity index is 1.80. The van der Waals surface area contributed by atoms with E-state index in [1.807, 2.05) is 13.8 Å². The molecule has 0 atom stereocenters. The number of hydrogen-bond acceptors (Lipinski definition) is 2. The molecule has 1 amide bonds. The first-order valence-electron chi connectivity index (χ1n) is 6.58. The first kappa shape index (κ1) is 14.2. The van der Waals surface area contributed by atoms with Gasteiger partial charge >= 0.3 is 0 Å². The third-order valence-electron chi connectivity index (χ3n) is 3.30. The number of carbonyl (C=O) groups excluding carboxylic acids is 1. The molecule has 0 aliphatic carbocycles. The summed E-state index contributed by atoms with van der Waals surface area (Å²) in [5, 5.41) is 9.85. The van der Waals surface area contributed by atoms with Crippen molar-refractivity contribution in [1.82, 2.24) is 15.5 Å². The number of amides is 1. The van der Waals surface area contributed by atoms with Crippen LogP contribution in [0.3, 0.4) is 0 Å². The van der Waals surface area contributed by atoms with E-state index in [4.69, 9.17) is 0 Å². The van der Waals surface area contributed by atoms with Crippen LogP contribution in [0.15, 0.2) is 24.3 Å². The fourth-order valence-electron chi connectivity index (χ4n) is 2.02. The molecule has 20 heavy (non-hydrogen) atoms. The van der Waals surface area contributed by atoms with Gasteiger partial charge in [-0.05, 0) is 38.0 Å². The number of benzene rings is 1. The van der Waals surface area contributed by atoms with Gasteiger partial charge < -0.3 is 5.32 Å². The highest BCUT2D eigenvalue weighted by atomic mass is 19.1. The second-order valence-electron chi connectivity index (χ2n) is 4.82. The fraction of sp³-hybridized carbons (Fsp3) is 0.333. The van der Waals surface area contributed by atoms with E-state index < -0.39 is 0 Å². The number of rotatable bonds is 5. The first-order chi connectivity index (χ1) is 9.56. The van der Waals surface area contributed by atoms with E-state index in [1.54, 1.807) is 12.1 Å². The van der Waals surface area contributed by atoms with E-state index in [2.05, 4.69) is 15.5 Å². The Morgan fingerprint density at radius 1 is 1.30 bits per heavy atom. The Labute approximate surface area is 117 Å². The second-order valence-corrected chi connectivity index (χ2v) is 4.82. The maximum absolute atomic E-state index is 12.8. The fourth-order valence-corrected chi connectivity index (χ4v) is 2.02. The second kappa shape index (κ2) is 6.32. The van der Waals surface area contributed by atoms with Gasteiger partial charge in [0.15, 0.2) is 0 Å². The lowest BCUT2D eigenvalue weighted by atomic mass is 10.1. The van der Waals surface area contributed by atoms with Crippen LogP contribution in [-0.4, -0.2) is 16.1 Å². The molecule has 0 fully saturated rings. The van der Waals surface area contributed by atoms with Crippen LogP contribution < -0.4 is 5.32 Å². The molecule has 2 aromatic rings. The number of aromatic nitrogens is 2. The average Bonchev–Trinajstić information content (AvgIpc) is 2.75. The van der Waals surface area contributed by atoms with Gasteiger partial charge in [-0.3, -0.25) is 9.89 Å². The highest BCUT2D eigenvalue weighted by molar-refractivity contribution is 5.76. The van der Waals surface area contributed by atoms with Crippen molar-refractivity contribution < 1.29 is 9.18 Å². The smallest absolute Gasteiger partial charge is 0.220 e. The van der Waals surface area contributed by atoms with E-state index in [9.17, 15) is 9.18 Å². The molecule has 1 aromatic carbocycles. The van der Waals surface area contributed by atoms with Gasteiger partial charge in [-0.15, -0.1) is 0 Å². The zero-order valence-corrected chi connectivity index (χ0v) is 11.7. The van der Waals surface area contributed by atoms with E-state index in [0.29, 0.717) is 19.4 Å². The Morgan fingerprint density at radius 2 is 2.00 bits per heavy atom. The quantitative estimate of drug-likeness (QED) is 0.880. The summed E-state index contributed by atoms with van der Waals surface area (Å²) in [4.78, 5) is 11.8. The van der Waals surface area contributed by atoms with E-state index in [-0.39, 0.29) is 11.7 Å². The van der Waals surface area contributed by atoms with Crippen molar-refractivity contribution in [3.63, 3.8) is 0 Å². The summed E-state index contributed by atoms with van der Waals surface area (Å²) in [5.41, 5.74) is 3.86. The molecule has 0 saturated heterocycles. The zero-order valence-electron chi connectivity index (χ0n) is 11.7. The van der Waals surface area contributed by atoms with Crippen LogP contribution in [0.1, 0.15) is 28.9 Å². The number of halogens is 1. The molecule has 0 bridgehead atoms. The molecule has 1 heterocycles. The van der Waals surface area contributed by atoms with Gasteiger partial charge in [0.2, 0.25) is 5.91 Å². The monoisotopic (exact) mass is 275 g/mol. The van der Waals surface area contributed by atoms with Gasteiger partial charge in [0.05, 0.1) is 5.69 Å². The van der Waals surface area contributed by atoms with Crippen molar-refractivity contribution in [3.05, 3.63) is 52.6 Å². The molecular weight excluding hydrogens is 257 g/mol. The Bertz CT molecular complexity index is 570. The molecule has 0 spiro atoms. The third kappa shape index (κ3) is 3.66. The van der Waals surface area contributed by atoms with Crippen molar-refractivity contribution in [2.24, 2.45) is 0 Å². The largest absolute Gasteiger partial charge is 0.352 e. The number of aromatic amines is 1. The Morgan fingerprint density at radius 3 is 2.60 bits per heavy atom. The number of carbonyl (C=O) groups is 1. The highest BCUT2D eigenvalue weighted by Crippen LogP contribution is 2.09. The number of hydrogen-bond donors (Lipinski definition) is 2. The molecule has 0 unspecified atom stereocenters. The summed E-state index contributed by atoms with van der Waals surface area (Å²) in [6.07, 6.45) is 0.997. The maximum atomic E-state index is 12.8. The lowest BCUT2D eigenvalue weighted by Crippen LogP contribution is -2.23. The molecule has 0 radical (unpaired) electrons. The van der Waals surface area contributed by atoms with Crippen molar-refractivity contribution in [3.8, 4) is 0 Å². The van der Waals surface area contributed by atoms with Crippen LogP contribution in [0, 0.1) is 19.7 Å². The minimum Gasteiger partial charge on any atom is -0.352 e. The predicted molar refractivity (Wildman–Crippen MR) is 74.6 cm³/mol. The SMILES string of the molecule is Cc1n[nH]c(C)c1CNC(=O)CCc1ccc(F)cc1. The van der Waals surface area contributed by atoms with E-state index in [1.165, 1.54) is 12.1 Å². The van der Waals surface area contributed by atoms with Crippen LogP contribution in [0.4, 0.5) is 4.39 Å². The van der Waals surface area contributed by atoms with Crippen LogP contribution in [0.2, 0.25) is 0 Å². The standard InChI is InChI=1S/C15H18FN3O/c1-10-14(11(2)19-18-10)9-17-15(20)8-5-12-3-6-13(16)7-4-12/h3-4,6-7H,5,8-9H2,1-2H3,(H,17,20)(H,18,19). The predicted octanol–water partition coefficient (Wildman–Crippen LogP) is 2.41. The molecule has 1 aromatic heterocycles. The summed E-state index contributed by atoms with van der Waals surface area (Å²) in [6, 6.07) is 6.22. The van der Waals surface area contributed by atoms with Crippen molar-refractivity contribution in [2.75, 3.05) is 0 Å². The molecule has 2 rings (SSSR count). The van der Waals surface area contributed by atoms with Crippen LogP contribution in [0.25, 0.3) is 0 Å². The number of aryl methyl sites for hydroxylation is 3. The summed E-state index contributed by atoms with van der Waals surface area (Å²) in [6.45, 7) is 4.32. The number of H-pyrrole nitrogens is 1. The van der Waals surface area contributed by atoms with Gasteiger partial charge in [-0.2, -0.15) is 5.10 Å². The van der Waals surface area contributed by atoms with Crippen molar-refractivity contribution in [1.29, 1.82) is 0 Å². The molecule has 0 saturated carbocycles. The first-order valence-corrected chi connectivity index (χ1v) is 6.58. The minimum atomic E-state index is -0.260. The van der Waals surface area contributed by atoms with E-state index >= 15 is 0 Å². The topological polar surface area (TPSA) is 57.8 Å². The van der Waals surface area contributed by atoms with Crippen LogP contribution in [0.5, 0.6) is 0 Å². The lowest BCUT2D eigenvalue weighted by Gasteiger charge is -2.06. The summed E-state index contributed by atoms with van der Waals surface area (Å²) < 4.78 is 12.8. The van der Waals surface area contributed by atoms with Crippen LogP contribution in [-0.2, 0) is 17.8 Å². The molecule has 4 nitrogen and oxygen atoms in total. The molecule has 5 heteroatoms. The van der Waals surface area contributed by atoms with Crippen molar-refractivity contribution >= 4 is 5.91 Å². The lowest BCUT2D eigenvalue weighted by molar-refractivity contribution is -0.121. The Kier molecular flexibility index (Phi) is 4.50. The molecule has 106 valence electrons. The van der Waals surface area contributed by atoms with E-state index in [0.717, 1.165) is 22.5 Å². The molecule has 0 aliphatic heterocycles. The Hall–Kier alpha value is -2.17. The molecule has 2 N–H and O–H groups in total. The maximum Gasteiger partial charge on any atom is 0.220 e. The molecular formula is C15H18FN3O. The van der Waals surface area contributed by atoms with Gasteiger partial charge in [0, 0.05) is 24.2 Å². The summed E-state index contributed by atoms with van der Waals surface area (Å²) in [5.74, 6) is -0.279. The summed E-state index contributed by atoms with van der Waals surface area (Å²) in [7, 11) is 0. The summed E-state index contributed by atoms with van der Waals surface area (Å²) >= 11 is 0. The van der Waals surface area contributed by atoms with Crippen LogP contribution >= 0.6 is 0 Å². The minimum absolute atomic E-state index is 0.0191. The third-order valence-corrected chi connectivity index (χ3v) is 3.30. The normalized spacial score (nSPS) is 10.6. The highest BCUT2D eigenvalue weighted by Gasteiger charge is 2.08. The van der Waals surface area contributed by atoms with Gasteiger partial charge in [-0.1, -0.05) is 12.1 Å². The van der Waals surface area contributed by atoms with Crippen molar-refractivity contribution in [2.45, 2.75) is 33.2 Å². The van der Waals surface area contributed by atoms with Gasteiger partial charge in [0.25, 0.3) is 0 Å². The number of nitrogens with one attached hydrogen (secondary N) is 2. The average molecular weight is 275 g/mol. The number of nitrogens with zero attached hydrogens (tertiary/aromatic N) is 1. The zero-order chi connectivity index (χ0) is 14.5. The van der Waals surface area contributed by atoms with Gasteiger partial charge in [-0.25, -0.2) is 4.39 Å².